The number of hydrogen-bond acceptors (Lipinski definition) is 2. The molecular formula is C15H21N3O. The minimum atomic E-state index is -0.614. The first kappa shape index (κ1) is 13.6. The van der Waals surface area contributed by atoms with Crippen LogP contribution in [0.3, 0.4) is 0 Å². The highest BCUT2D eigenvalue weighted by atomic mass is 16.2. The van der Waals surface area contributed by atoms with Gasteiger partial charge in [-0.25, -0.2) is 0 Å². The van der Waals surface area contributed by atoms with Crippen LogP contribution in [0, 0.1) is 5.92 Å². The molecule has 1 aliphatic heterocycles. The first-order valence-electron chi connectivity index (χ1n) is 6.67. The zero-order valence-corrected chi connectivity index (χ0v) is 11.7. The molecule has 1 heterocycles. The lowest BCUT2D eigenvalue weighted by molar-refractivity contribution is -0.123. The Morgan fingerprint density at radius 2 is 1.95 bits per heavy atom. The molecule has 102 valence electrons. The fraction of sp³-hybridized carbons (Fsp3) is 0.467. The highest BCUT2D eigenvalue weighted by Crippen LogP contribution is 2.17. The molecule has 1 saturated heterocycles. The molecule has 1 unspecified atom stereocenters. The minimum Gasteiger partial charge on any atom is -0.342 e. The van der Waals surface area contributed by atoms with Crippen LogP contribution < -0.4 is 10.6 Å². The average molecular weight is 259 g/mol. The van der Waals surface area contributed by atoms with Crippen molar-refractivity contribution in [3.63, 3.8) is 0 Å². The van der Waals surface area contributed by atoms with Gasteiger partial charge in [0.2, 0.25) is 0 Å². The van der Waals surface area contributed by atoms with Crippen LogP contribution in [-0.4, -0.2) is 24.0 Å². The minimum absolute atomic E-state index is 0.0149. The lowest BCUT2D eigenvalue weighted by Crippen LogP contribution is -2.45. The Labute approximate surface area is 114 Å². The topological polar surface area (TPSA) is 53.5 Å². The van der Waals surface area contributed by atoms with Crippen LogP contribution in [0.2, 0.25) is 0 Å². The number of aliphatic imine (C=N–C) groups is 1. The fourth-order valence-electron chi connectivity index (χ4n) is 2.08. The van der Waals surface area contributed by atoms with Gasteiger partial charge in [0.25, 0.3) is 5.91 Å². The lowest BCUT2D eigenvalue weighted by Gasteiger charge is -2.21. The highest BCUT2D eigenvalue weighted by Gasteiger charge is 2.40. The van der Waals surface area contributed by atoms with E-state index < -0.39 is 5.54 Å². The number of hydrogen-bond donors (Lipinski definition) is 2. The van der Waals surface area contributed by atoms with Crippen molar-refractivity contribution in [2.75, 3.05) is 6.54 Å². The van der Waals surface area contributed by atoms with Gasteiger partial charge >= 0.3 is 0 Å². The van der Waals surface area contributed by atoms with E-state index >= 15 is 0 Å². The molecule has 4 heteroatoms. The number of nitrogens with one attached hydrogen (secondary N) is 2. The fourth-order valence-corrected chi connectivity index (χ4v) is 2.08. The van der Waals surface area contributed by atoms with Crippen molar-refractivity contribution in [2.24, 2.45) is 10.9 Å². The van der Waals surface area contributed by atoms with E-state index in [4.69, 9.17) is 0 Å². The van der Waals surface area contributed by atoms with Gasteiger partial charge in [0.1, 0.15) is 5.54 Å². The summed E-state index contributed by atoms with van der Waals surface area (Å²) in [6.45, 7) is 6.82. The molecule has 0 radical (unpaired) electrons. The first-order valence-corrected chi connectivity index (χ1v) is 6.67. The summed E-state index contributed by atoms with van der Waals surface area (Å²) in [6, 6.07) is 10.0. The molecule has 0 bridgehead atoms. The zero-order chi connectivity index (χ0) is 13.9. The Morgan fingerprint density at radius 1 is 1.26 bits per heavy atom. The summed E-state index contributed by atoms with van der Waals surface area (Å²) in [5, 5.41) is 6.03. The molecule has 4 nitrogen and oxygen atoms in total. The molecule has 0 aromatic heterocycles. The van der Waals surface area contributed by atoms with Crippen LogP contribution in [0.4, 0.5) is 0 Å². The summed E-state index contributed by atoms with van der Waals surface area (Å²) in [4.78, 5) is 16.5. The number of carbonyl (C=O) groups excluding carboxylic acids is 1. The van der Waals surface area contributed by atoms with Gasteiger partial charge in [-0.05, 0) is 18.4 Å². The van der Waals surface area contributed by atoms with Crippen molar-refractivity contribution < 1.29 is 4.79 Å². The SMILES string of the molecule is CC(C)CN=C1NC(=O)C(C)(Cc2ccccc2)N1. The third kappa shape index (κ3) is 3.34. The van der Waals surface area contributed by atoms with Crippen molar-refractivity contribution in [1.29, 1.82) is 0 Å². The monoisotopic (exact) mass is 259 g/mol. The van der Waals surface area contributed by atoms with Gasteiger partial charge in [0.05, 0.1) is 0 Å². The van der Waals surface area contributed by atoms with Crippen molar-refractivity contribution in [3.05, 3.63) is 35.9 Å². The van der Waals surface area contributed by atoms with Crippen molar-refractivity contribution in [3.8, 4) is 0 Å². The summed E-state index contributed by atoms with van der Waals surface area (Å²) in [6.07, 6.45) is 0.653. The summed E-state index contributed by atoms with van der Waals surface area (Å²) < 4.78 is 0. The maximum atomic E-state index is 12.1. The lowest BCUT2D eigenvalue weighted by atomic mass is 9.93. The highest BCUT2D eigenvalue weighted by molar-refractivity contribution is 6.08. The standard InChI is InChI=1S/C15H21N3O/c1-11(2)10-16-14-17-13(19)15(3,18-14)9-12-7-5-4-6-8-12/h4-8,11H,9-10H2,1-3H3,(H2,16,17,18,19). The van der Waals surface area contributed by atoms with Crippen LogP contribution in [0.5, 0.6) is 0 Å². The van der Waals surface area contributed by atoms with E-state index in [-0.39, 0.29) is 5.91 Å². The van der Waals surface area contributed by atoms with E-state index in [1.807, 2.05) is 37.3 Å². The molecule has 1 amide bonds. The molecule has 0 aliphatic carbocycles. The summed E-state index contributed by atoms with van der Waals surface area (Å²) in [5.74, 6) is 1.06. The van der Waals surface area contributed by atoms with Gasteiger partial charge in [-0.1, -0.05) is 44.2 Å². The number of guanidine groups is 1. The second-order valence-corrected chi connectivity index (χ2v) is 5.66. The van der Waals surface area contributed by atoms with Crippen LogP contribution in [0.1, 0.15) is 26.3 Å². The Morgan fingerprint density at radius 3 is 2.58 bits per heavy atom. The predicted molar refractivity (Wildman–Crippen MR) is 77.0 cm³/mol. The smallest absolute Gasteiger partial charge is 0.252 e. The normalized spacial score (nSPS) is 24.6. The zero-order valence-electron chi connectivity index (χ0n) is 11.7. The van der Waals surface area contributed by atoms with E-state index in [9.17, 15) is 4.79 Å². The quantitative estimate of drug-likeness (QED) is 0.865. The van der Waals surface area contributed by atoms with Gasteiger partial charge in [0.15, 0.2) is 5.96 Å². The number of carbonyl (C=O) groups is 1. The molecule has 1 aromatic rings. The van der Waals surface area contributed by atoms with Crippen LogP contribution in [0.25, 0.3) is 0 Å². The maximum absolute atomic E-state index is 12.1. The molecule has 1 aromatic carbocycles. The third-order valence-corrected chi connectivity index (χ3v) is 3.14. The molecule has 1 atom stereocenters. The van der Waals surface area contributed by atoms with Crippen LogP contribution in [-0.2, 0) is 11.2 Å². The summed E-state index contributed by atoms with van der Waals surface area (Å²) in [7, 11) is 0. The molecule has 0 spiro atoms. The van der Waals surface area contributed by atoms with Gasteiger partial charge in [0, 0.05) is 13.0 Å². The van der Waals surface area contributed by atoms with Gasteiger partial charge < -0.3 is 5.32 Å². The molecule has 2 N–H and O–H groups in total. The molecule has 2 rings (SSSR count). The van der Waals surface area contributed by atoms with Gasteiger partial charge in [-0.15, -0.1) is 0 Å². The van der Waals surface area contributed by atoms with Crippen molar-refractivity contribution >= 4 is 11.9 Å². The molecule has 1 fully saturated rings. The number of benzene rings is 1. The van der Waals surface area contributed by atoms with Crippen LogP contribution in [0.15, 0.2) is 35.3 Å². The molecule has 1 aliphatic rings. The van der Waals surface area contributed by atoms with Crippen molar-refractivity contribution in [2.45, 2.75) is 32.7 Å². The van der Waals surface area contributed by atoms with E-state index in [1.165, 1.54) is 0 Å². The molecule has 19 heavy (non-hydrogen) atoms. The molecule has 0 saturated carbocycles. The maximum Gasteiger partial charge on any atom is 0.252 e. The number of nitrogens with zero attached hydrogens (tertiary/aromatic N) is 1. The van der Waals surface area contributed by atoms with Crippen molar-refractivity contribution in [1.82, 2.24) is 10.6 Å². The Balaban J connectivity index is 2.08. The summed E-state index contributed by atoms with van der Waals surface area (Å²) >= 11 is 0. The molecular weight excluding hydrogens is 238 g/mol. The van der Waals surface area contributed by atoms with E-state index in [2.05, 4.69) is 29.5 Å². The van der Waals surface area contributed by atoms with E-state index in [0.717, 1.165) is 5.56 Å². The summed E-state index contributed by atoms with van der Waals surface area (Å²) in [5.41, 5.74) is 0.523. The predicted octanol–water partition coefficient (Wildman–Crippen LogP) is 1.72. The largest absolute Gasteiger partial charge is 0.342 e. The Hall–Kier alpha value is -1.84. The number of amides is 1. The van der Waals surface area contributed by atoms with Gasteiger partial charge in [-0.2, -0.15) is 0 Å². The third-order valence-electron chi connectivity index (χ3n) is 3.14. The van der Waals surface area contributed by atoms with Crippen LogP contribution >= 0.6 is 0 Å². The second kappa shape index (κ2) is 5.43. The average Bonchev–Trinajstić information content (AvgIpc) is 2.63. The first-order chi connectivity index (χ1) is 8.99. The second-order valence-electron chi connectivity index (χ2n) is 5.66. The van der Waals surface area contributed by atoms with Gasteiger partial charge in [-0.3, -0.25) is 15.1 Å². The van der Waals surface area contributed by atoms with E-state index in [1.54, 1.807) is 0 Å². The van der Waals surface area contributed by atoms with E-state index in [0.29, 0.717) is 24.8 Å². The number of rotatable bonds is 4. The Kier molecular flexibility index (Phi) is 3.88. The Bertz CT molecular complexity index is 481.